The lowest BCUT2D eigenvalue weighted by Crippen LogP contribution is -2.14. The summed E-state index contributed by atoms with van der Waals surface area (Å²) in [4.78, 5) is 5.79. The number of benzene rings is 3. The van der Waals surface area contributed by atoms with Crippen molar-refractivity contribution in [2.24, 2.45) is 10.1 Å². The number of anilines is 1. The van der Waals surface area contributed by atoms with E-state index < -0.39 is 0 Å². The lowest BCUT2D eigenvalue weighted by molar-refractivity contribution is 0.800. The quantitative estimate of drug-likeness (QED) is 0.179. The molecular formula is C26H23ClN4S. The monoisotopic (exact) mass is 458 g/mol. The van der Waals surface area contributed by atoms with Crippen LogP contribution in [0.2, 0.25) is 5.02 Å². The molecule has 0 saturated heterocycles. The van der Waals surface area contributed by atoms with E-state index in [9.17, 15) is 0 Å². The molecule has 0 atom stereocenters. The minimum absolute atomic E-state index is 0.676. The molecule has 4 nitrogen and oxygen atoms in total. The Balaban J connectivity index is 1.59. The van der Waals surface area contributed by atoms with Crippen molar-refractivity contribution in [1.82, 2.24) is 4.57 Å². The predicted molar refractivity (Wildman–Crippen MR) is 137 cm³/mol. The number of nitrogens with zero attached hydrogens (tertiary/aromatic N) is 3. The number of para-hydroxylation sites is 1. The Kier molecular flexibility index (Phi) is 7.00. The van der Waals surface area contributed by atoms with E-state index >= 15 is 0 Å². The maximum absolute atomic E-state index is 6.05. The van der Waals surface area contributed by atoms with E-state index in [0.717, 1.165) is 43.7 Å². The van der Waals surface area contributed by atoms with E-state index in [0.29, 0.717) is 6.54 Å². The number of aromatic nitrogens is 1. The van der Waals surface area contributed by atoms with Crippen molar-refractivity contribution in [2.45, 2.75) is 13.5 Å². The van der Waals surface area contributed by atoms with Crippen LogP contribution in [0.25, 0.3) is 11.3 Å². The molecule has 0 unspecified atom stereocenters. The Morgan fingerprint density at radius 1 is 1.03 bits per heavy atom. The number of hydrogen-bond acceptors (Lipinski definition) is 4. The highest BCUT2D eigenvalue weighted by Crippen LogP contribution is 2.23. The summed E-state index contributed by atoms with van der Waals surface area (Å²) < 4.78 is 2.16. The van der Waals surface area contributed by atoms with Crippen molar-refractivity contribution in [3.63, 3.8) is 0 Å². The smallest absolute Gasteiger partial charge is 0.190 e. The Bertz CT molecular complexity index is 1280. The van der Waals surface area contributed by atoms with E-state index in [1.807, 2.05) is 91.9 Å². The number of thiazole rings is 1. The Morgan fingerprint density at radius 2 is 1.75 bits per heavy atom. The zero-order valence-electron chi connectivity index (χ0n) is 17.7. The fourth-order valence-corrected chi connectivity index (χ4v) is 4.25. The van der Waals surface area contributed by atoms with Crippen LogP contribution in [0.3, 0.4) is 0 Å². The molecule has 1 aromatic heterocycles. The summed E-state index contributed by atoms with van der Waals surface area (Å²) in [6.07, 6.45) is 1.88. The molecule has 4 aromatic rings. The lowest BCUT2D eigenvalue weighted by Gasteiger charge is -2.07. The number of nitrogens with one attached hydrogen (secondary N) is 1. The standard InChI is InChI=1S/C26H23ClN4S/c1-3-17-31-25(21-9-13-22(27)14-10-21)18-32-26(31)28-23-15-11-20(12-16-23)19(2)29-30-24-7-5-4-6-8-24/h3-16,18,30H,1,17H2,2H3/b28-26?,29-19+. The molecule has 0 amide bonds. The molecule has 1 heterocycles. The molecule has 0 aliphatic rings. The molecular weight excluding hydrogens is 436 g/mol. The zero-order valence-corrected chi connectivity index (χ0v) is 19.3. The van der Waals surface area contributed by atoms with Gasteiger partial charge in [-0.05, 0) is 54.4 Å². The molecule has 0 saturated carbocycles. The molecule has 0 aliphatic heterocycles. The predicted octanol–water partition coefficient (Wildman–Crippen LogP) is 7.12. The van der Waals surface area contributed by atoms with E-state index in [1.54, 1.807) is 11.3 Å². The van der Waals surface area contributed by atoms with Gasteiger partial charge in [0.1, 0.15) is 0 Å². The van der Waals surface area contributed by atoms with Crippen LogP contribution in [0.5, 0.6) is 0 Å². The summed E-state index contributed by atoms with van der Waals surface area (Å²) in [5, 5.41) is 7.31. The van der Waals surface area contributed by atoms with Gasteiger partial charge >= 0.3 is 0 Å². The van der Waals surface area contributed by atoms with Crippen LogP contribution in [0.1, 0.15) is 12.5 Å². The molecule has 0 aliphatic carbocycles. The second kappa shape index (κ2) is 10.3. The number of allylic oxidation sites excluding steroid dienone is 1. The number of halogens is 1. The van der Waals surface area contributed by atoms with Gasteiger partial charge in [-0.15, -0.1) is 17.9 Å². The third-order valence-electron chi connectivity index (χ3n) is 4.89. The van der Waals surface area contributed by atoms with Gasteiger partial charge in [0.2, 0.25) is 0 Å². The second-order valence-electron chi connectivity index (χ2n) is 7.14. The molecule has 6 heteroatoms. The molecule has 0 spiro atoms. The van der Waals surface area contributed by atoms with Crippen molar-refractivity contribution in [3.8, 4) is 11.3 Å². The Hall–Kier alpha value is -3.41. The van der Waals surface area contributed by atoms with Gasteiger partial charge in [-0.1, -0.05) is 60.1 Å². The molecule has 1 N–H and O–H groups in total. The Labute approximate surface area is 196 Å². The molecule has 0 fully saturated rings. The van der Waals surface area contributed by atoms with Gasteiger partial charge in [-0.25, -0.2) is 4.99 Å². The molecule has 0 bridgehead atoms. The minimum Gasteiger partial charge on any atom is -0.313 e. The van der Waals surface area contributed by atoms with Gasteiger partial charge in [0, 0.05) is 16.9 Å². The van der Waals surface area contributed by atoms with Crippen molar-refractivity contribution in [3.05, 3.63) is 112 Å². The molecule has 3 aromatic carbocycles. The summed E-state index contributed by atoms with van der Waals surface area (Å²) >= 11 is 7.66. The average Bonchev–Trinajstić information content (AvgIpc) is 3.21. The number of hydrogen-bond donors (Lipinski definition) is 1. The summed E-state index contributed by atoms with van der Waals surface area (Å²) in [5.74, 6) is 0. The Morgan fingerprint density at radius 3 is 2.44 bits per heavy atom. The van der Waals surface area contributed by atoms with E-state index in [-0.39, 0.29) is 0 Å². The maximum atomic E-state index is 6.05. The van der Waals surface area contributed by atoms with Crippen LogP contribution in [-0.4, -0.2) is 10.3 Å². The summed E-state index contributed by atoms with van der Waals surface area (Å²) in [6.45, 7) is 6.56. The summed E-state index contributed by atoms with van der Waals surface area (Å²) in [7, 11) is 0. The van der Waals surface area contributed by atoms with Gasteiger partial charge in [0.25, 0.3) is 0 Å². The maximum Gasteiger partial charge on any atom is 0.190 e. The van der Waals surface area contributed by atoms with E-state index in [4.69, 9.17) is 16.6 Å². The van der Waals surface area contributed by atoms with Gasteiger partial charge in [-0.2, -0.15) is 5.10 Å². The van der Waals surface area contributed by atoms with Gasteiger partial charge in [0.05, 0.1) is 22.8 Å². The highest BCUT2D eigenvalue weighted by atomic mass is 35.5. The summed E-state index contributed by atoms with van der Waals surface area (Å²) in [6, 6.07) is 25.8. The first-order valence-electron chi connectivity index (χ1n) is 10.2. The van der Waals surface area contributed by atoms with Crippen LogP contribution < -0.4 is 10.2 Å². The zero-order chi connectivity index (χ0) is 22.3. The van der Waals surface area contributed by atoms with Gasteiger partial charge < -0.3 is 4.57 Å². The number of rotatable bonds is 7. The fraction of sp³-hybridized carbons (Fsp3) is 0.0769. The first-order chi connectivity index (χ1) is 15.6. The van der Waals surface area contributed by atoms with E-state index in [2.05, 4.69) is 27.1 Å². The van der Waals surface area contributed by atoms with Crippen LogP contribution >= 0.6 is 22.9 Å². The summed E-state index contributed by atoms with van der Waals surface area (Å²) in [5.41, 5.74) is 9.07. The van der Waals surface area contributed by atoms with Crippen molar-refractivity contribution in [2.75, 3.05) is 5.43 Å². The van der Waals surface area contributed by atoms with Crippen LogP contribution in [0, 0.1) is 0 Å². The van der Waals surface area contributed by atoms with Crippen LogP contribution in [0.4, 0.5) is 11.4 Å². The number of hydrazone groups is 1. The van der Waals surface area contributed by atoms with Gasteiger partial charge in [0.15, 0.2) is 4.80 Å². The minimum atomic E-state index is 0.676. The second-order valence-corrected chi connectivity index (χ2v) is 8.42. The van der Waals surface area contributed by atoms with Gasteiger partial charge in [-0.3, -0.25) is 5.43 Å². The van der Waals surface area contributed by atoms with Crippen molar-refractivity contribution < 1.29 is 0 Å². The molecule has 4 rings (SSSR count). The van der Waals surface area contributed by atoms with Crippen molar-refractivity contribution in [1.29, 1.82) is 0 Å². The lowest BCUT2D eigenvalue weighted by atomic mass is 10.1. The van der Waals surface area contributed by atoms with Crippen LogP contribution in [-0.2, 0) is 6.54 Å². The average molecular weight is 459 g/mol. The molecule has 32 heavy (non-hydrogen) atoms. The highest BCUT2D eigenvalue weighted by molar-refractivity contribution is 7.07. The topological polar surface area (TPSA) is 41.7 Å². The van der Waals surface area contributed by atoms with E-state index in [1.165, 1.54) is 0 Å². The molecule has 160 valence electrons. The third-order valence-corrected chi connectivity index (χ3v) is 6.00. The third kappa shape index (κ3) is 5.25. The largest absolute Gasteiger partial charge is 0.313 e. The first-order valence-corrected chi connectivity index (χ1v) is 11.5. The molecule has 0 radical (unpaired) electrons. The SMILES string of the molecule is C=CCn1c(-c2ccc(Cl)cc2)csc1=Nc1ccc(/C(C)=N/Nc2ccccc2)cc1. The highest BCUT2D eigenvalue weighted by Gasteiger charge is 2.07. The van der Waals surface area contributed by atoms with Crippen LogP contribution in [0.15, 0.2) is 107 Å². The normalized spacial score (nSPS) is 12.1. The first kappa shape index (κ1) is 21.8. The van der Waals surface area contributed by atoms with Crippen molar-refractivity contribution >= 4 is 40.0 Å². The fourth-order valence-electron chi connectivity index (χ4n) is 3.19.